The number of hydrogen-bond acceptors (Lipinski definition) is 8. The van der Waals surface area contributed by atoms with Crippen molar-refractivity contribution in [3.05, 3.63) is 36.5 Å². The molecular formula is C21H26N4O4S. The van der Waals surface area contributed by atoms with Gasteiger partial charge in [-0.2, -0.15) is 4.28 Å². The van der Waals surface area contributed by atoms with E-state index < -0.39 is 11.1 Å². The highest BCUT2D eigenvalue weighted by molar-refractivity contribution is 7.80. The van der Waals surface area contributed by atoms with Crippen LogP contribution in [-0.4, -0.2) is 39.1 Å². The summed E-state index contributed by atoms with van der Waals surface area (Å²) in [6, 6.07) is 9.29. The van der Waals surface area contributed by atoms with E-state index >= 15 is 0 Å². The zero-order valence-corrected chi connectivity index (χ0v) is 18.2. The molecule has 160 valence electrons. The van der Waals surface area contributed by atoms with E-state index in [-0.39, 0.29) is 0 Å². The largest absolute Gasteiger partial charge is 0.493 e. The first kappa shape index (κ1) is 21.9. The molecular weight excluding hydrogens is 404 g/mol. The third kappa shape index (κ3) is 5.64. The molecule has 1 N–H and O–H groups in total. The van der Waals surface area contributed by atoms with Gasteiger partial charge >= 0.3 is 0 Å². The lowest BCUT2D eigenvalue weighted by Crippen LogP contribution is -2.09. The molecule has 0 aliphatic rings. The zero-order chi connectivity index (χ0) is 21.3. The van der Waals surface area contributed by atoms with Gasteiger partial charge in [-0.15, -0.1) is 0 Å². The van der Waals surface area contributed by atoms with Crippen molar-refractivity contribution in [3.63, 3.8) is 0 Å². The first-order valence-corrected chi connectivity index (χ1v) is 11.1. The fourth-order valence-corrected chi connectivity index (χ4v) is 3.58. The number of unbranched alkanes of at least 4 members (excludes halogenated alkanes) is 3. The molecule has 0 fully saturated rings. The molecule has 0 saturated heterocycles. The first-order valence-electron chi connectivity index (χ1n) is 9.82. The van der Waals surface area contributed by atoms with Crippen molar-refractivity contribution < 1.29 is 18.0 Å². The van der Waals surface area contributed by atoms with Crippen molar-refractivity contribution in [2.45, 2.75) is 32.6 Å². The molecule has 0 saturated carbocycles. The van der Waals surface area contributed by atoms with Gasteiger partial charge in [0.05, 0.1) is 31.9 Å². The number of rotatable bonds is 11. The van der Waals surface area contributed by atoms with E-state index in [9.17, 15) is 4.21 Å². The van der Waals surface area contributed by atoms with E-state index in [2.05, 4.69) is 27.4 Å². The molecule has 2 aromatic heterocycles. The smallest absolute Gasteiger partial charge is 0.180 e. The lowest BCUT2D eigenvalue weighted by atomic mass is 10.1. The summed E-state index contributed by atoms with van der Waals surface area (Å²) in [5, 5.41) is 0. The topological polar surface area (TPSA) is 95.5 Å². The van der Waals surface area contributed by atoms with Crippen LogP contribution < -0.4 is 15.0 Å². The van der Waals surface area contributed by atoms with Crippen LogP contribution in [0.1, 0.15) is 32.6 Å². The van der Waals surface area contributed by atoms with Gasteiger partial charge in [0.2, 0.25) is 0 Å². The summed E-state index contributed by atoms with van der Waals surface area (Å²) < 4.78 is 27.8. The molecule has 0 spiro atoms. The maximum atomic E-state index is 11.9. The van der Waals surface area contributed by atoms with Crippen molar-refractivity contribution >= 4 is 28.1 Å². The number of fused-ring (bicyclic) bond motifs is 1. The van der Waals surface area contributed by atoms with Gasteiger partial charge in [-0.25, -0.2) is 24.6 Å². The Labute approximate surface area is 178 Å². The number of nitrogens with one attached hydrogen (secondary N) is 1. The number of nitrogens with zero attached hydrogens (tertiary/aromatic N) is 3. The fourth-order valence-electron chi connectivity index (χ4n) is 2.88. The second kappa shape index (κ2) is 10.8. The number of ether oxygens (including phenoxy) is 2. The Morgan fingerprint density at radius 1 is 1.00 bits per heavy atom. The Balaban J connectivity index is 1.72. The third-order valence-electron chi connectivity index (χ3n) is 4.49. The minimum Gasteiger partial charge on any atom is -0.493 e. The molecule has 8 nitrogen and oxygen atoms in total. The van der Waals surface area contributed by atoms with Crippen LogP contribution in [0.15, 0.2) is 36.5 Å². The van der Waals surface area contributed by atoms with Crippen LogP contribution in [0, 0.1) is 0 Å². The van der Waals surface area contributed by atoms with Crippen molar-refractivity contribution in [1.29, 1.82) is 0 Å². The van der Waals surface area contributed by atoms with E-state index in [0.29, 0.717) is 34.2 Å². The van der Waals surface area contributed by atoms with Gasteiger partial charge in [0.15, 0.2) is 34.0 Å². The predicted molar refractivity (Wildman–Crippen MR) is 118 cm³/mol. The number of benzene rings is 1. The average Bonchev–Trinajstić information content (AvgIpc) is 2.79. The molecule has 0 bridgehead atoms. The van der Waals surface area contributed by atoms with Crippen molar-refractivity contribution in [1.82, 2.24) is 15.0 Å². The molecule has 1 atom stereocenters. The van der Waals surface area contributed by atoms with E-state index in [1.165, 1.54) is 6.20 Å². The SMILES string of the molecule is CCCCCCS(=O)ONc1cnc2ccc(-c3ccc(OC)c(OC)c3)nc2n1. The Hall–Kier alpha value is -2.78. The molecule has 1 aromatic carbocycles. The summed E-state index contributed by atoms with van der Waals surface area (Å²) in [6.45, 7) is 2.14. The summed E-state index contributed by atoms with van der Waals surface area (Å²) >= 11 is -1.42. The summed E-state index contributed by atoms with van der Waals surface area (Å²) in [4.78, 5) is 13.3. The van der Waals surface area contributed by atoms with Gasteiger partial charge in [0.25, 0.3) is 0 Å². The van der Waals surface area contributed by atoms with E-state index in [4.69, 9.17) is 13.8 Å². The Morgan fingerprint density at radius 2 is 1.83 bits per heavy atom. The molecule has 0 radical (unpaired) electrons. The highest BCUT2D eigenvalue weighted by Crippen LogP contribution is 2.32. The van der Waals surface area contributed by atoms with Gasteiger partial charge < -0.3 is 9.47 Å². The molecule has 9 heteroatoms. The second-order valence-corrected chi connectivity index (χ2v) is 7.80. The maximum absolute atomic E-state index is 11.9. The Bertz CT molecular complexity index is 1020. The summed E-state index contributed by atoms with van der Waals surface area (Å²) in [7, 11) is 3.18. The molecule has 0 amide bonds. The van der Waals surface area contributed by atoms with Crippen LogP contribution in [0.3, 0.4) is 0 Å². The van der Waals surface area contributed by atoms with Crippen LogP contribution in [0.2, 0.25) is 0 Å². The minimum absolute atomic E-state index is 0.348. The molecule has 2 heterocycles. The molecule has 30 heavy (non-hydrogen) atoms. The van der Waals surface area contributed by atoms with Crippen LogP contribution in [0.4, 0.5) is 5.82 Å². The number of hydrogen-bond donors (Lipinski definition) is 1. The summed E-state index contributed by atoms with van der Waals surface area (Å²) in [5.74, 6) is 2.10. The summed E-state index contributed by atoms with van der Waals surface area (Å²) in [5.41, 5.74) is 5.29. The molecule has 3 aromatic rings. The average molecular weight is 431 g/mol. The third-order valence-corrected chi connectivity index (χ3v) is 5.38. The standard InChI is InChI=1S/C21H26N4O4S/c1-4-5-6-7-12-30(26)29-25-20-14-22-17-10-9-16(23-21(17)24-20)15-8-11-18(27-2)19(13-15)28-3/h8-11,13-14H,4-7,12H2,1-3H3,(H,23,24,25). The number of anilines is 1. The van der Waals surface area contributed by atoms with Crippen LogP contribution in [0.5, 0.6) is 11.5 Å². The first-order chi connectivity index (χ1) is 14.6. The highest BCUT2D eigenvalue weighted by Gasteiger charge is 2.10. The Kier molecular flexibility index (Phi) is 7.92. The van der Waals surface area contributed by atoms with Crippen molar-refractivity contribution in [3.8, 4) is 22.8 Å². The van der Waals surface area contributed by atoms with Crippen LogP contribution >= 0.6 is 0 Å². The maximum Gasteiger partial charge on any atom is 0.180 e. The fraction of sp³-hybridized carbons (Fsp3) is 0.381. The quantitative estimate of drug-likeness (QED) is 0.355. The summed E-state index contributed by atoms with van der Waals surface area (Å²) in [6.07, 6.45) is 5.70. The number of aromatic nitrogens is 3. The van der Waals surface area contributed by atoms with Gasteiger partial charge in [-0.1, -0.05) is 26.2 Å². The lowest BCUT2D eigenvalue weighted by Gasteiger charge is -2.10. The van der Waals surface area contributed by atoms with Crippen LogP contribution in [0.25, 0.3) is 22.4 Å². The molecule has 3 rings (SSSR count). The monoisotopic (exact) mass is 430 g/mol. The molecule has 0 aliphatic carbocycles. The number of methoxy groups -OCH3 is 2. The van der Waals surface area contributed by atoms with Crippen LogP contribution in [-0.2, 0) is 15.4 Å². The van der Waals surface area contributed by atoms with E-state index in [0.717, 1.165) is 36.9 Å². The number of pyridine rings is 1. The normalized spacial score (nSPS) is 12.0. The second-order valence-electron chi connectivity index (χ2n) is 6.62. The zero-order valence-electron chi connectivity index (χ0n) is 17.4. The molecule has 1 unspecified atom stereocenters. The predicted octanol–water partition coefficient (Wildman–Crippen LogP) is 4.30. The van der Waals surface area contributed by atoms with Gasteiger partial charge in [-0.05, 0) is 36.8 Å². The molecule has 0 aliphatic heterocycles. The lowest BCUT2D eigenvalue weighted by molar-refractivity contribution is 0.355. The highest BCUT2D eigenvalue weighted by atomic mass is 32.2. The Morgan fingerprint density at radius 3 is 2.60 bits per heavy atom. The van der Waals surface area contributed by atoms with Crippen molar-refractivity contribution in [2.24, 2.45) is 0 Å². The van der Waals surface area contributed by atoms with Gasteiger partial charge in [0.1, 0.15) is 5.52 Å². The van der Waals surface area contributed by atoms with Gasteiger partial charge in [0, 0.05) is 5.56 Å². The van der Waals surface area contributed by atoms with E-state index in [1.54, 1.807) is 14.2 Å². The minimum atomic E-state index is -1.42. The van der Waals surface area contributed by atoms with Crippen molar-refractivity contribution in [2.75, 3.05) is 25.5 Å². The van der Waals surface area contributed by atoms with E-state index in [1.807, 2.05) is 30.3 Å². The van der Waals surface area contributed by atoms with Gasteiger partial charge in [-0.3, -0.25) is 0 Å².